The van der Waals surface area contributed by atoms with Gasteiger partial charge in [-0.3, -0.25) is 0 Å². The van der Waals surface area contributed by atoms with Crippen LogP contribution in [-0.4, -0.2) is 17.2 Å². The van der Waals surface area contributed by atoms with Crippen LogP contribution >= 0.6 is 11.8 Å². The van der Waals surface area contributed by atoms with Crippen LogP contribution in [0.2, 0.25) is 0 Å². The van der Waals surface area contributed by atoms with Crippen molar-refractivity contribution >= 4 is 24.3 Å². The van der Waals surface area contributed by atoms with E-state index in [1.54, 1.807) is 0 Å². The van der Waals surface area contributed by atoms with Crippen LogP contribution in [0.25, 0.3) is 0 Å². The van der Waals surface area contributed by atoms with E-state index in [9.17, 15) is 13.2 Å². The maximum atomic E-state index is 13.7. The Labute approximate surface area is 118 Å². The molecule has 0 saturated carbocycles. The molecular weight excluding hydrogens is 288 g/mol. The molecule has 0 unspecified atom stereocenters. The number of rotatable bonds is 4. The highest BCUT2D eigenvalue weighted by atomic mass is 32.2. The van der Waals surface area contributed by atoms with Gasteiger partial charge in [0.2, 0.25) is 0 Å². The molecule has 0 aliphatic carbocycles. The predicted molar refractivity (Wildman–Crippen MR) is 72.1 cm³/mol. The van der Waals surface area contributed by atoms with Gasteiger partial charge in [0.05, 0.1) is 0 Å². The fraction of sp³-hybridized carbons (Fsp3) is 0.0769. The van der Waals surface area contributed by atoms with Crippen LogP contribution in [0.1, 0.15) is 5.56 Å². The average Bonchev–Trinajstić information content (AvgIpc) is 2.40. The first-order valence-corrected chi connectivity index (χ1v) is 6.68. The minimum absolute atomic E-state index is 0.0354. The molecule has 2 rings (SSSR count). The summed E-state index contributed by atoms with van der Waals surface area (Å²) in [5.41, 5.74) is 0.302. The van der Waals surface area contributed by atoms with Crippen LogP contribution in [0.5, 0.6) is 0 Å². The lowest BCUT2D eigenvalue weighted by Crippen LogP contribution is -2.30. The fourth-order valence-corrected chi connectivity index (χ4v) is 2.53. The molecule has 0 bridgehead atoms. The Balaban J connectivity index is 2.13. The third kappa shape index (κ3) is 3.56. The van der Waals surface area contributed by atoms with Crippen molar-refractivity contribution in [3.63, 3.8) is 0 Å². The molecular formula is C13H10BF3O2S. The number of thioether (sulfide) groups is 1. The van der Waals surface area contributed by atoms with E-state index in [0.29, 0.717) is 0 Å². The minimum Gasteiger partial charge on any atom is -0.423 e. The van der Waals surface area contributed by atoms with E-state index in [1.165, 1.54) is 12.1 Å². The Bertz CT molecular complexity index is 623. The Hall–Kier alpha value is -1.44. The van der Waals surface area contributed by atoms with Gasteiger partial charge in [0.1, 0.15) is 17.5 Å². The lowest BCUT2D eigenvalue weighted by atomic mass is 9.80. The second kappa shape index (κ2) is 6.34. The molecule has 0 atom stereocenters. The smallest absolute Gasteiger partial charge is 0.423 e. The summed E-state index contributed by atoms with van der Waals surface area (Å²) in [4.78, 5) is 0.0932. The molecule has 0 radical (unpaired) electrons. The zero-order valence-corrected chi connectivity index (χ0v) is 11.0. The van der Waals surface area contributed by atoms with E-state index in [1.807, 2.05) is 0 Å². The monoisotopic (exact) mass is 298 g/mol. The largest absolute Gasteiger partial charge is 0.488 e. The highest BCUT2D eigenvalue weighted by molar-refractivity contribution is 7.98. The zero-order chi connectivity index (χ0) is 14.7. The summed E-state index contributed by atoms with van der Waals surface area (Å²) in [7, 11) is -1.74. The molecule has 0 amide bonds. The standard InChI is InChI=1S/C13H10BF3O2S/c15-10-3-4-11(16)13(6-10)20-7-8-1-2-9(14(18)19)5-12(8)17/h1-6,18-19H,7H2. The van der Waals surface area contributed by atoms with Crippen molar-refractivity contribution in [1.82, 2.24) is 0 Å². The van der Waals surface area contributed by atoms with Crippen molar-refractivity contribution in [3.05, 3.63) is 59.4 Å². The molecule has 2 nitrogen and oxygen atoms in total. The number of benzene rings is 2. The van der Waals surface area contributed by atoms with Crippen LogP contribution in [0, 0.1) is 17.5 Å². The number of hydrogen-bond acceptors (Lipinski definition) is 3. The van der Waals surface area contributed by atoms with Gasteiger partial charge in [0.15, 0.2) is 0 Å². The molecule has 2 N–H and O–H groups in total. The number of hydrogen-bond donors (Lipinski definition) is 2. The molecule has 0 aliphatic heterocycles. The molecule has 20 heavy (non-hydrogen) atoms. The number of halogens is 3. The molecule has 0 saturated heterocycles. The van der Waals surface area contributed by atoms with Gasteiger partial charge in [-0.1, -0.05) is 12.1 Å². The minimum atomic E-state index is -1.74. The van der Waals surface area contributed by atoms with Crippen LogP contribution in [0.3, 0.4) is 0 Å². The van der Waals surface area contributed by atoms with Gasteiger partial charge in [-0.05, 0) is 35.3 Å². The third-order valence-electron chi connectivity index (χ3n) is 2.65. The SMILES string of the molecule is OB(O)c1ccc(CSc2cc(F)ccc2F)c(F)c1. The second-order valence-electron chi connectivity index (χ2n) is 4.09. The van der Waals surface area contributed by atoms with E-state index in [-0.39, 0.29) is 21.7 Å². The maximum absolute atomic E-state index is 13.7. The molecule has 0 spiro atoms. The van der Waals surface area contributed by atoms with E-state index in [4.69, 9.17) is 10.0 Å². The average molecular weight is 298 g/mol. The second-order valence-corrected chi connectivity index (χ2v) is 5.11. The van der Waals surface area contributed by atoms with Crippen LogP contribution in [-0.2, 0) is 5.75 Å². The highest BCUT2D eigenvalue weighted by Crippen LogP contribution is 2.26. The third-order valence-corrected chi connectivity index (χ3v) is 3.73. The van der Waals surface area contributed by atoms with Crippen molar-refractivity contribution in [2.24, 2.45) is 0 Å². The molecule has 104 valence electrons. The Morgan fingerprint density at radius 3 is 2.35 bits per heavy atom. The summed E-state index contributed by atoms with van der Waals surface area (Å²) in [6.07, 6.45) is 0. The van der Waals surface area contributed by atoms with E-state index < -0.39 is 24.6 Å². The topological polar surface area (TPSA) is 40.5 Å². The molecule has 7 heteroatoms. The fourth-order valence-electron chi connectivity index (χ4n) is 1.58. The Kier molecular flexibility index (Phi) is 4.75. The Morgan fingerprint density at radius 2 is 1.70 bits per heavy atom. The van der Waals surface area contributed by atoms with Crippen molar-refractivity contribution in [3.8, 4) is 0 Å². The van der Waals surface area contributed by atoms with Gasteiger partial charge in [0, 0.05) is 10.6 Å². The molecule has 0 heterocycles. The van der Waals surface area contributed by atoms with Gasteiger partial charge >= 0.3 is 7.12 Å². The summed E-state index contributed by atoms with van der Waals surface area (Å²) in [6, 6.07) is 6.82. The summed E-state index contributed by atoms with van der Waals surface area (Å²) in [6.45, 7) is 0. The van der Waals surface area contributed by atoms with Gasteiger partial charge in [0.25, 0.3) is 0 Å². The van der Waals surface area contributed by atoms with Gasteiger partial charge in [-0.2, -0.15) is 0 Å². The van der Waals surface area contributed by atoms with Gasteiger partial charge in [-0.25, -0.2) is 13.2 Å². The van der Waals surface area contributed by atoms with Crippen LogP contribution in [0.4, 0.5) is 13.2 Å². The summed E-state index contributed by atoms with van der Waals surface area (Å²) >= 11 is 0.963. The first kappa shape index (κ1) is 15.0. The normalized spacial score (nSPS) is 10.7. The van der Waals surface area contributed by atoms with Crippen molar-refractivity contribution < 1.29 is 23.2 Å². The van der Waals surface area contributed by atoms with Crippen molar-refractivity contribution in [2.75, 3.05) is 0 Å². The molecule has 0 fully saturated rings. The van der Waals surface area contributed by atoms with Gasteiger partial charge < -0.3 is 10.0 Å². The lowest BCUT2D eigenvalue weighted by molar-refractivity contribution is 0.425. The molecule has 2 aromatic rings. The predicted octanol–water partition coefficient (Wildman–Crippen LogP) is 2.08. The summed E-state index contributed by atoms with van der Waals surface area (Å²) in [5, 5.41) is 17.8. The molecule has 0 aliphatic rings. The quantitative estimate of drug-likeness (QED) is 0.670. The Morgan fingerprint density at radius 1 is 0.950 bits per heavy atom. The van der Waals surface area contributed by atoms with Gasteiger partial charge in [-0.15, -0.1) is 11.8 Å². The van der Waals surface area contributed by atoms with Crippen LogP contribution in [0.15, 0.2) is 41.3 Å². The molecule has 0 aromatic heterocycles. The van der Waals surface area contributed by atoms with Crippen molar-refractivity contribution in [1.29, 1.82) is 0 Å². The van der Waals surface area contributed by atoms with Crippen molar-refractivity contribution in [2.45, 2.75) is 10.6 Å². The molecule has 2 aromatic carbocycles. The van der Waals surface area contributed by atoms with Crippen LogP contribution < -0.4 is 5.46 Å². The first-order valence-electron chi connectivity index (χ1n) is 5.69. The zero-order valence-electron chi connectivity index (χ0n) is 10.2. The van der Waals surface area contributed by atoms with E-state index in [0.717, 1.165) is 36.0 Å². The maximum Gasteiger partial charge on any atom is 0.488 e. The lowest BCUT2D eigenvalue weighted by Gasteiger charge is -2.07. The summed E-state index contributed by atoms with van der Waals surface area (Å²) < 4.78 is 40.1. The first-order chi connectivity index (χ1) is 9.47. The summed E-state index contributed by atoms with van der Waals surface area (Å²) in [5.74, 6) is -1.65. The van der Waals surface area contributed by atoms with E-state index >= 15 is 0 Å². The van der Waals surface area contributed by atoms with E-state index in [2.05, 4.69) is 0 Å². The highest BCUT2D eigenvalue weighted by Gasteiger charge is 2.14.